The van der Waals surface area contributed by atoms with Crippen LogP contribution >= 0.6 is 0 Å². The van der Waals surface area contributed by atoms with Crippen molar-refractivity contribution in [2.24, 2.45) is 0 Å². The third-order valence-electron chi connectivity index (χ3n) is 5.71. The number of benzene rings is 3. The predicted octanol–water partition coefficient (Wildman–Crippen LogP) is 6.65. The Morgan fingerprint density at radius 1 is 0.800 bits per heavy atom. The summed E-state index contributed by atoms with van der Waals surface area (Å²) in [5.74, 6) is 0.306. The van der Waals surface area contributed by atoms with Gasteiger partial charge >= 0.3 is 5.97 Å². The molecule has 0 spiro atoms. The highest BCUT2D eigenvalue weighted by Crippen LogP contribution is 2.35. The van der Waals surface area contributed by atoms with Crippen molar-refractivity contribution in [3.05, 3.63) is 114 Å². The summed E-state index contributed by atoms with van der Waals surface area (Å²) in [4.78, 5) is 20.4. The second-order valence-electron chi connectivity index (χ2n) is 8.83. The molecule has 0 N–H and O–H groups in total. The van der Waals surface area contributed by atoms with Crippen molar-refractivity contribution >= 4 is 16.9 Å². The summed E-state index contributed by atoms with van der Waals surface area (Å²) in [6, 6.07) is 29.1. The van der Waals surface area contributed by atoms with Crippen LogP contribution in [0.2, 0.25) is 0 Å². The van der Waals surface area contributed by atoms with Crippen LogP contribution in [0.3, 0.4) is 0 Å². The highest BCUT2D eigenvalue weighted by atomic mass is 32.2. The van der Waals surface area contributed by atoms with E-state index in [1.165, 1.54) is 14.7 Å². The van der Waals surface area contributed by atoms with E-state index >= 15 is 0 Å². The van der Waals surface area contributed by atoms with Gasteiger partial charge in [0.25, 0.3) is 0 Å². The van der Waals surface area contributed by atoms with Crippen molar-refractivity contribution in [3.63, 3.8) is 0 Å². The number of aryl methyl sites for hydroxylation is 2. The van der Waals surface area contributed by atoms with Crippen molar-refractivity contribution < 1.29 is 14.3 Å². The van der Waals surface area contributed by atoms with Crippen LogP contribution in [0, 0.1) is 13.8 Å². The summed E-state index contributed by atoms with van der Waals surface area (Å²) in [6.07, 6.45) is 3.38. The van der Waals surface area contributed by atoms with E-state index in [0.29, 0.717) is 0 Å². The van der Waals surface area contributed by atoms with Crippen molar-refractivity contribution in [2.45, 2.75) is 48.0 Å². The largest absolute Gasteiger partial charge is 0.481 e. The van der Waals surface area contributed by atoms with Crippen LogP contribution in [0.25, 0.3) is 0 Å². The molecule has 0 bridgehead atoms. The minimum atomic E-state index is -0.767. The molecule has 4 rings (SSSR count). The average molecular weight is 485 g/mol. The summed E-state index contributed by atoms with van der Waals surface area (Å²) in [5, 5.41) is 0. The molecule has 0 atom stereocenters. The molecule has 0 saturated carbocycles. The topological polar surface area (TPSA) is 48.4 Å². The van der Waals surface area contributed by atoms with E-state index in [0.717, 1.165) is 22.4 Å². The molecule has 0 unspecified atom stereocenters. The number of esters is 1. The van der Waals surface area contributed by atoms with E-state index in [2.05, 4.69) is 65.6 Å². The van der Waals surface area contributed by atoms with Crippen molar-refractivity contribution in [1.82, 2.24) is 4.98 Å². The highest BCUT2D eigenvalue weighted by Gasteiger charge is 2.30. The molecule has 5 heteroatoms. The zero-order chi connectivity index (χ0) is 24.8. The quantitative estimate of drug-likeness (QED) is 0.207. The van der Waals surface area contributed by atoms with E-state index in [-0.39, 0.29) is 17.5 Å². The second-order valence-corrected chi connectivity index (χ2v) is 10.9. The Morgan fingerprint density at radius 2 is 1.31 bits per heavy atom. The van der Waals surface area contributed by atoms with E-state index < -0.39 is 11.6 Å². The van der Waals surface area contributed by atoms with Gasteiger partial charge in [-0.3, -0.25) is 4.98 Å². The Hall–Kier alpha value is -3.57. The lowest BCUT2D eigenvalue weighted by molar-refractivity contribution is -0.159. The normalized spacial score (nSPS) is 11.3. The Kier molecular flexibility index (Phi) is 7.57. The Morgan fingerprint density at radius 3 is 1.83 bits per heavy atom. The van der Waals surface area contributed by atoms with Crippen molar-refractivity contribution in [2.75, 3.05) is 6.61 Å². The van der Waals surface area contributed by atoms with Gasteiger partial charge in [-0.2, -0.15) is 0 Å². The molecule has 0 amide bonds. The fourth-order valence-corrected chi connectivity index (χ4v) is 6.30. The van der Waals surface area contributed by atoms with Gasteiger partial charge < -0.3 is 9.47 Å². The van der Waals surface area contributed by atoms with Crippen LogP contribution in [0.1, 0.15) is 30.5 Å². The fourth-order valence-electron chi connectivity index (χ4n) is 4.03. The molecule has 0 radical (unpaired) electrons. The van der Waals surface area contributed by atoms with Gasteiger partial charge in [-0.1, -0.05) is 36.4 Å². The van der Waals surface area contributed by atoms with Crippen molar-refractivity contribution in [1.29, 1.82) is 0 Å². The van der Waals surface area contributed by atoms with Crippen LogP contribution in [0.4, 0.5) is 0 Å². The number of hydrogen-bond acceptors (Lipinski definition) is 4. The summed E-state index contributed by atoms with van der Waals surface area (Å²) in [7, 11) is -0.243. The van der Waals surface area contributed by atoms with Gasteiger partial charge in [0.15, 0.2) is 21.3 Å². The number of nitrogens with zero attached hydrogens (tertiary/aromatic N) is 1. The summed E-state index contributed by atoms with van der Waals surface area (Å²) in [5.41, 5.74) is 2.10. The number of aromatic nitrogens is 1. The number of hydrogen-bond donors (Lipinski definition) is 0. The first kappa shape index (κ1) is 24.6. The number of carbonyl (C=O) groups is 1. The van der Waals surface area contributed by atoms with Crippen LogP contribution in [0.15, 0.2) is 112 Å². The second kappa shape index (κ2) is 10.8. The first-order valence-corrected chi connectivity index (χ1v) is 12.8. The third kappa shape index (κ3) is 5.92. The zero-order valence-electron chi connectivity index (χ0n) is 20.5. The molecule has 0 aliphatic heterocycles. The Bertz CT molecular complexity index is 1210. The molecule has 35 heavy (non-hydrogen) atoms. The average Bonchev–Trinajstić information content (AvgIpc) is 2.85. The Balaban J connectivity index is 1.54. The van der Waals surface area contributed by atoms with Gasteiger partial charge in [0.2, 0.25) is 0 Å². The Labute approximate surface area is 210 Å². The maximum atomic E-state index is 12.6. The molecule has 0 aliphatic carbocycles. The predicted molar refractivity (Wildman–Crippen MR) is 140 cm³/mol. The van der Waals surface area contributed by atoms with Crippen LogP contribution in [-0.2, 0) is 26.0 Å². The van der Waals surface area contributed by atoms with Crippen LogP contribution in [-0.4, -0.2) is 17.6 Å². The molecule has 178 valence electrons. The smallest absolute Gasteiger partial charge is 0.345 e. The molecule has 3 aromatic carbocycles. The first-order chi connectivity index (χ1) is 16.8. The molecular weight excluding hydrogens is 454 g/mol. The van der Waals surface area contributed by atoms with E-state index in [9.17, 15) is 4.79 Å². The number of carbonyl (C=O) groups excluding carboxylic acids is 1. The molecule has 4 aromatic rings. The molecular formula is C30H30NO3S+. The summed E-state index contributed by atoms with van der Waals surface area (Å²) in [6.45, 7) is 7.61. The summed E-state index contributed by atoms with van der Waals surface area (Å²) < 4.78 is 11.7. The number of rotatable bonds is 8. The standard InChI is InChI=1S/C30H30NO3S/c1-22-19-27(35(25-11-7-5-8-12-25)26-13-9-6-10-14-26)20-23(2)29(22)33-21-28(32)34-30(3,4)24-15-17-31-18-16-24/h5-20H,21H2,1-4H3/q+1. The maximum Gasteiger partial charge on any atom is 0.345 e. The highest BCUT2D eigenvalue weighted by molar-refractivity contribution is 7.97. The van der Waals surface area contributed by atoms with Gasteiger partial charge in [0.1, 0.15) is 11.4 Å². The van der Waals surface area contributed by atoms with Crippen LogP contribution < -0.4 is 4.74 Å². The van der Waals surface area contributed by atoms with Crippen LogP contribution in [0.5, 0.6) is 5.75 Å². The lowest BCUT2D eigenvalue weighted by Gasteiger charge is -2.25. The van der Waals surface area contributed by atoms with Gasteiger partial charge in [-0.25, -0.2) is 4.79 Å². The zero-order valence-corrected chi connectivity index (χ0v) is 21.3. The monoisotopic (exact) mass is 484 g/mol. The van der Waals surface area contributed by atoms with Gasteiger partial charge in [0.05, 0.1) is 10.9 Å². The number of pyridine rings is 1. The van der Waals surface area contributed by atoms with E-state index in [4.69, 9.17) is 9.47 Å². The maximum absolute atomic E-state index is 12.6. The van der Waals surface area contributed by atoms with Gasteiger partial charge in [-0.15, -0.1) is 0 Å². The minimum absolute atomic E-state index is 0.154. The molecule has 4 nitrogen and oxygen atoms in total. The first-order valence-electron chi connectivity index (χ1n) is 11.6. The molecule has 0 saturated heterocycles. The minimum Gasteiger partial charge on any atom is -0.481 e. The van der Waals surface area contributed by atoms with E-state index in [1.54, 1.807) is 12.4 Å². The SMILES string of the molecule is Cc1cc([S+](c2ccccc2)c2ccccc2)cc(C)c1OCC(=O)OC(C)(C)c1ccncc1. The molecule has 0 fully saturated rings. The fraction of sp³-hybridized carbons (Fsp3) is 0.200. The number of ether oxygens (including phenoxy) is 2. The third-order valence-corrected chi connectivity index (χ3v) is 7.90. The molecule has 1 heterocycles. The van der Waals surface area contributed by atoms with Gasteiger partial charge in [-0.05, 0) is 80.8 Å². The van der Waals surface area contributed by atoms with E-state index in [1.807, 2.05) is 52.0 Å². The summed E-state index contributed by atoms with van der Waals surface area (Å²) >= 11 is 0. The lowest BCUT2D eigenvalue weighted by Crippen LogP contribution is -2.28. The molecule has 0 aliphatic rings. The molecule has 1 aromatic heterocycles. The van der Waals surface area contributed by atoms with Crippen molar-refractivity contribution in [3.8, 4) is 5.75 Å². The van der Waals surface area contributed by atoms with Gasteiger partial charge in [0, 0.05) is 24.5 Å². The lowest BCUT2D eigenvalue weighted by atomic mass is 9.99.